The van der Waals surface area contributed by atoms with E-state index in [2.05, 4.69) is 28.3 Å². The number of amides is 1. The summed E-state index contributed by atoms with van der Waals surface area (Å²) in [7, 11) is 1.63. The van der Waals surface area contributed by atoms with E-state index in [0.717, 1.165) is 29.2 Å². The van der Waals surface area contributed by atoms with Crippen LogP contribution in [0.3, 0.4) is 0 Å². The maximum absolute atomic E-state index is 13.3. The Morgan fingerprint density at radius 1 is 1.14 bits per heavy atom. The molecule has 2 heterocycles. The first kappa shape index (κ1) is 18.0. The van der Waals surface area contributed by atoms with Gasteiger partial charge in [-0.25, -0.2) is 9.97 Å². The molecule has 1 N–H and O–H groups in total. The van der Waals surface area contributed by atoms with Gasteiger partial charge >= 0.3 is 0 Å². The summed E-state index contributed by atoms with van der Waals surface area (Å²) in [6.45, 7) is 3.92. The van der Waals surface area contributed by atoms with Gasteiger partial charge in [-0.05, 0) is 62.2 Å². The number of carbonyl (C=O) groups excluding carboxylic acids is 1. The van der Waals surface area contributed by atoms with Crippen molar-refractivity contribution in [2.45, 2.75) is 26.3 Å². The molecule has 2 aromatic carbocycles. The van der Waals surface area contributed by atoms with Crippen LogP contribution >= 0.6 is 0 Å². The minimum absolute atomic E-state index is 0.0955. The molecule has 1 aliphatic rings. The molecule has 142 valence electrons. The van der Waals surface area contributed by atoms with Gasteiger partial charge in [0.2, 0.25) is 5.95 Å². The number of hydrogen-bond acceptors (Lipinski definition) is 5. The molecule has 0 bridgehead atoms. The van der Waals surface area contributed by atoms with Crippen molar-refractivity contribution in [1.82, 2.24) is 9.97 Å². The van der Waals surface area contributed by atoms with Crippen LogP contribution in [0.25, 0.3) is 0 Å². The Morgan fingerprint density at radius 2 is 1.89 bits per heavy atom. The van der Waals surface area contributed by atoms with E-state index in [-0.39, 0.29) is 11.9 Å². The standard InChI is InChI=1S/C22H22N4O2/c1-14-12-19(21(27)26-15(2)13-16-6-4-5-7-20(16)26)25-22(23-14)24-17-8-10-18(28-3)11-9-17/h4-12,15H,13H2,1-3H3,(H,23,24,25). The Balaban J connectivity index is 1.62. The second kappa shape index (κ2) is 7.31. The number of ether oxygens (including phenoxy) is 1. The van der Waals surface area contributed by atoms with E-state index in [4.69, 9.17) is 4.74 Å². The van der Waals surface area contributed by atoms with Crippen LogP contribution < -0.4 is 15.0 Å². The van der Waals surface area contributed by atoms with E-state index in [9.17, 15) is 4.79 Å². The van der Waals surface area contributed by atoms with Crippen LogP contribution in [0.5, 0.6) is 5.75 Å². The molecule has 6 heteroatoms. The Morgan fingerprint density at radius 3 is 2.64 bits per heavy atom. The molecule has 0 saturated heterocycles. The summed E-state index contributed by atoms with van der Waals surface area (Å²) in [4.78, 5) is 24.0. The lowest BCUT2D eigenvalue weighted by atomic mass is 10.1. The second-order valence-corrected chi connectivity index (χ2v) is 6.93. The van der Waals surface area contributed by atoms with Gasteiger partial charge in [-0.2, -0.15) is 0 Å². The number of nitrogens with zero attached hydrogens (tertiary/aromatic N) is 3. The van der Waals surface area contributed by atoms with Gasteiger partial charge < -0.3 is 15.0 Å². The lowest BCUT2D eigenvalue weighted by molar-refractivity contribution is 0.0976. The number of aryl methyl sites for hydroxylation is 1. The average Bonchev–Trinajstić information content (AvgIpc) is 3.03. The Kier molecular flexibility index (Phi) is 4.69. The number of hydrogen-bond donors (Lipinski definition) is 1. The molecule has 0 aliphatic carbocycles. The van der Waals surface area contributed by atoms with Gasteiger partial charge in [0.1, 0.15) is 11.4 Å². The number of para-hydroxylation sites is 1. The van der Waals surface area contributed by atoms with Crippen LogP contribution in [0.1, 0.15) is 28.7 Å². The lowest BCUT2D eigenvalue weighted by Gasteiger charge is -2.22. The summed E-state index contributed by atoms with van der Waals surface area (Å²) < 4.78 is 5.18. The summed E-state index contributed by atoms with van der Waals surface area (Å²) in [6, 6.07) is 17.3. The largest absolute Gasteiger partial charge is 0.497 e. The maximum Gasteiger partial charge on any atom is 0.277 e. The van der Waals surface area contributed by atoms with Gasteiger partial charge in [-0.1, -0.05) is 18.2 Å². The molecule has 28 heavy (non-hydrogen) atoms. The van der Waals surface area contributed by atoms with Crippen molar-refractivity contribution < 1.29 is 9.53 Å². The van der Waals surface area contributed by atoms with Gasteiger partial charge in [-0.15, -0.1) is 0 Å². The average molecular weight is 374 g/mol. The highest BCUT2D eigenvalue weighted by Gasteiger charge is 2.32. The van der Waals surface area contributed by atoms with E-state index in [1.807, 2.05) is 54.3 Å². The van der Waals surface area contributed by atoms with Crippen molar-refractivity contribution >= 4 is 23.2 Å². The first-order valence-electron chi connectivity index (χ1n) is 9.23. The fourth-order valence-corrected chi connectivity index (χ4v) is 3.54. The van der Waals surface area contributed by atoms with Gasteiger partial charge in [0.05, 0.1) is 7.11 Å². The van der Waals surface area contributed by atoms with E-state index < -0.39 is 0 Å². The molecule has 1 amide bonds. The van der Waals surface area contributed by atoms with Crippen LogP contribution in [0.15, 0.2) is 54.6 Å². The molecule has 1 aliphatic heterocycles. The van der Waals surface area contributed by atoms with Crippen molar-refractivity contribution in [2.24, 2.45) is 0 Å². The third kappa shape index (κ3) is 3.41. The molecule has 1 aromatic heterocycles. The number of anilines is 3. The molecule has 0 saturated carbocycles. The quantitative estimate of drug-likeness (QED) is 0.744. The SMILES string of the molecule is COc1ccc(Nc2nc(C)cc(C(=O)N3c4ccccc4CC3C)n2)cc1. The lowest BCUT2D eigenvalue weighted by Crippen LogP contribution is -2.36. The summed E-state index contributed by atoms with van der Waals surface area (Å²) in [6.07, 6.45) is 0.850. The normalized spacial score (nSPS) is 15.2. The molecule has 0 radical (unpaired) electrons. The van der Waals surface area contributed by atoms with Crippen molar-refractivity contribution in [3.05, 3.63) is 71.5 Å². The predicted molar refractivity (Wildman–Crippen MR) is 109 cm³/mol. The second-order valence-electron chi connectivity index (χ2n) is 6.93. The number of methoxy groups -OCH3 is 1. The summed E-state index contributed by atoms with van der Waals surface area (Å²) >= 11 is 0. The summed E-state index contributed by atoms with van der Waals surface area (Å²) in [5, 5.41) is 3.16. The molecule has 1 atom stereocenters. The van der Waals surface area contributed by atoms with Crippen LogP contribution in [0.2, 0.25) is 0 Å². The molecule has 0 spiro atoms. The zero-order chi connectivity index (χ0) is 19.7. The van der Waals surface area contributed by atoms with Crippen molar-refractivity contribution in [1.29, 1.82) is 0 Å². The number of carbonyl (C=O) groups is 1. The van der Waals surface area contributed by atoms with Crippen LogP contribution in [0.4, 0.5) is 17.3 Å². The Labute approximate surface area is 164 Å². The third-order valence-electron chi connectivity index (χ3n) is 4.85. The Hall–Kier alpha value is -3.41. The monoisotopic (exact) mass is 374 g/mol. The van der Waals surface area contributed by atoms with Gasteiger partial charge in [0, 0.05) is 23.1 Å². The summed E-state index contributed by atoms with van der Waals surface area (Å²) in [5.74, 6) is 1.06. The third-order valence-corrected chi connectivity index (χ3v) is 4.85. The fourth-order valence-electron chi connectivity index (χ4n) is 3.54. The number of fused-ring (bicyclic) bond motifs is 1. The maximum atomic E-state index is 13.3. The van der Waals surface area contributed by atoms with Crippen molar-refractivity contribution in [3.63, 3.8) is 0 Å². The van der Waals surface area contributed by atoms with Crippen LogP contribution in [-0.2, 0) is 6.42 Å². The van der Waals surface area contributed by atoms with E-state index in [0.29, 0.717) is 11.6 Å². The van der Waals surface area contributed by atoms with Gasteiger partial charge in [-0.3, -0.25) is 4.79 Å². The smallest absolute Gasteiger partial charge is 0.277 e. The zero-order valence-electron chi connectivity index (χ0n) is 16.1. The van der Waals surface area contributed by atoms with Crippen molar-refractivity contribution in [2.75, 3.05) is 17.3 Å². The summed E-state index contributed by atoms with van der Waals surface area (Å²) in [5.41, 5.74) is 4.08. The fraction of sp³-hybridized carbons (Fsp3) is 0.227. The molecule has 0 fully saturated rings. The zero-order valence-corrected chi connectivity index (χ0v) is 16.1. The number of benzene rings is 2. The highest BCUT2D eigenvalue weighted by Crippen LogP contribution is 2.33. The Bertz CT molecular complexity index is 1020. The molecule has 1 unspecified atom stereocenters. The minimum Gasteiger partial charge on any atom is -0.497 e. The van der Waals surface area contributed by atoms with E-state index in [1.165, 1.54) is 5.56 Å². The molecule has 6 nitrogen and oxygen atoms in total. The van der Waals surface area contributed by atoms with Crippen molar-refractivity contribution in [3.8, 4) is 5.75 Å². The van der Waals surface area contributed by atoms with Gasteiger partial charge in [0.25, 0.3) is 5.91 Å². The van der Waals surface area contributed by atoms with E-state index >= 15 is 0 Å². The number of nitrogens with one attached hydrogen (secondary N) is 1. The predicted octanol–water partition coefficient (Wildman–Crippen LogP) is 4.13. The topological polar surface area (TPSA) is 67.3 Å². The number of rotatable bonds is 4. The highest BCUT2D eigenvalue weighted by molar-refractivity contribution is 6.06. The molecular weight excluding hydrogens is 352 g/mol. The molecule has 3 aromatic rings. The van der Waals surface area contributed by atoms with Crippen LogP contribution in [0, 0.1) is 6.92 Å². The first-order valence-corrected chi connectivity index (χ1v) is 9.23. The number of aromatic nitrogens is 2. The minimum atomic E-state index is -0.110. The van der Waals surface area contributed by atoms with E-state index in [1.54, 1.807) is 13.2 Å². The van der Waals surface area contributed by atoms with Crippen LogP contribution in [-0.4, -0.2) is 29.0 Å². The van der Waals surface area contributed by atoms with Gasteiger partial charge in [0.15, 0.2) is 0 Å². The molecule has 4 rings (SSSR count). The highest BCUT2D eigenvalue weighted by atomic mass is 16.5. The molecular formula is C22H22N4O2. The first-order chi connectivity index (χ1) is 13.5.